The zero-order valence-electron chi connectivity index (χ0n) is 15.8. The number of piperazine rings is 1. The van der Waals surface area contributed by atoms with Crippen molar-refractivity contribution in [3.05, 3.63) is 36.7 Å². The van der Waals surface area contributed by atoms with Crippen LogP contribution in [0.1, 0.15) is 20.8 Å². The van der Waals surface area contributed by atoms with E-state index in [9.17, 15) is 4.79 Å². The van der Waals surface area contributed by atoms with Crippen LogP contribution in [-0.2, 0) is 4.79 Å². The monoisotopic (exact) mass is 365 g/mol. The first-order valence-electron chi connectivity index (χ1n) is 9.11. The number of carbonyl (C=O) groups is 1. The minimum absolute atomic E-state index is 0.185. The highest BCUT2D eigenvalue weighted by molar-refractivity contribution is 5.84. The summed E-state index contributed by atoms with van der Waals surface area (Å²) in [7, 11) is 0. The normalized spacial score (nSPS) is 15.4. The fraction of sp³-hybridized carbons (Fsp3) is 0.421. The highest BCUT2D eigenvalue weighted by Crippen LogP contribution is 2.25. The zero-order valence-corrected chi connectivity index (χ0v) is 15.8. The molecule has 0 atom stereocenters. The molecular formula is C19H23N7O. The molecule has 1 amide bonds. The van der Waals surface area contributed by atoms with Gasteiger partial charge in [0.05, 0.1) is 5.69 Å². The Kier molecular flexibility index (Phi) is 4.25. The highest BCUT2D eigenvalue weighted by Gasteiger charge is 2.30. The topological polar surface area (TPSA) is 80.0 Å². The number of amides is 1. The summed E-state index contributed by atoms with van der Waals surface area (Å²) in [6, 6.07) is 9.80. The van der Waals surface area contributed by atoms with E-state index in [-0.39, 0.29) is 11.3 Å². The third-order valence-corrected chi connectivity index (χ3v) is 4.73. The molecular weight excluding hydrogens is 342 g/mol. The number of fused-ring (bicyclic) bond motifs is 1. The lowest BCUT2D eigenvalue weighted by Gasteiger charge is -2.38. The maximum absolute atomic E-state index is 12.5. The Hall–Kier alpha value is -3.03. The molecule has 0 bridgehead atoms. The fourth-order valence-electron chi connectivity index (χ4n) is 3.31. The number of rotatable bonds is 2. The van der Waals surface area contributed by atoms with Gasteiger partial charge in [-0.05, 0) is 12.1 Å². The average molecular weight is 365 g/mol. The van der Waals surface area contributed by atoms with E-state index in [2.05, 4.69) is 25.2 Å². The first-order chi connectivity index (χ1) is 12.9. The van der Waals surface area contributed by atoms with Gasteiger partial charge in [0.15, 0.2) is 17.0 Å². The zero-order chi connectivity index (χ0) is 19.0. The summed E-state index contributed by atoms with van der Waals surface area (Å²) in [5, 5.41) is 8.60. The molecule has 2 aromatic heterocycles. The lowest BCUT2D eigenvalue weighted by Crippen LogP contribution is -2.51. The quantitative estimate of drug-likeness (QED) is 0.690. The summed E-state index contributed by atoms with van der Waals surface area (Å²) in [6.07, 6.45) is 1.55. The number of anilines is 1. The van der Waals surface area contributed by atoms with Gasteiger partial charge >= 0.3 is 0 Å². The van der Waals surface area contributed by atoms with Crippen LogP contribution in [0.2, 0.25) is 0 Å². The highest BCUT2D eigenvalue weighted by atomic mass is 16.2. The molecule has 27 heavy (non-hydrogen) atoms. The molecule has 1 aliphatic heterocycles. The smallest absolute Gasteiger partial charge is 0.228 e. The largest absolute Gasteiger partial charge is 0.351 e. The first kappa shape index (κ1) is 17.4. The van der Waals surface area contributed by atoms with Crippen molar-refractivity contribution in [2.75, 3.05) is 31.1 Å². The summed E-state index contributed by atoms with van der Waals surface area (Å²) >= 11 is 0. The van der Waals surface area contributed by atoms with E-state index in [4.69, 9.17) is 0 Å². The number of hydrogen-bond donors (Lipinski definition) is 0. The van der Waals surface area contributed by atoms with E-state index in [1.54, 1.807) is 11.0 Å². The van der Waals surface area contributed by atoms with Crippen LogP contribution < -0.4 is 4.90 Å². The number of nitrogens with zero attached hydrogens (tertiary/aromatic N) is 7. The van der Waals surface area contributed by atoms with Crippen molar-refractivity contribution in [3.63, 3.8) is 0 Å². The molecule has 1 saturated heterocycles. The van der Waals surface area contributed by atoms with E-state index < -0.39 is 0 Å². The third-order valence-electron chi connectivity index (χ3n) is 4.73. The van der Waals surface area contributed by atoms with Gasteiger partial charge in [0.2, 0.25) is 5.91 Å². The maximum Gasteiger partial charge on any atom is 0.228 e. The summed E-state index contributed by atoms with van der Waals surface area (Å²) < 4.78 is 1.72. The molecule has 140 valence electrons. The molecule has 3 aromatic rings. The fourth-order valence-corrected chi connectivity index (χ4v) is 3.31. The summed E-state index contributed by atoms with van der Waals surface area (Å²) in [5.74, 6) is 0.954. The van der Waals surface area contributed by atoms with Crippen LogP contribution in [0.5, 0.6) is 0 Å². The van der Waals surface area contributed by atoms with Gasteiger partial charge in [-0.2, -0.15) is 4.68 Å². The van der Waals surface area contributed by atoms with Gasteiger partial charge in [-0.1, -0.05) is 44.2 Å². The van der Waals surface area contributed by atoms with Crippen LogP contribution in [0.3, 0.4) is 0 Å². The number of aromatic nitrogens is 5. The average Bonchev–Trinajstić information content (AvgIpc) is 3.12. The molecule has 1 aromatic carbocycles. The van der Waals surface area contributed by atoms with Crippen LogP contribution in [0.15, 0.2) is 36.7 Å². The van der Waals surface area contributed by atoms with Crippen LogP contribution >= 0.6 is 0 Å². The Balaban J connectivity index is 1.59. The molecule has 0 unspecified atom stereocenters. The van der Waals surface area contributed by atoms with Gasteiger partial charge in [0.1, 0.15) is 6.33 Å². The van der Waals surface area contributed by atoms with Gasteiger partial charge in [-0.15, -0.1) is 5.10 Å². The van der Waals surface area contributed by atoms with Crippen molar-refractivity contribution >= 4 is 22.9 Å². The van der Waals surface area contributed by atoms with Crippen molar-refractivity contribution in [3.8, 4) is 5.69 Å². The Labute approximate surface area is 157 Å². The predicted molar refractivity (Wildman–Crippen MR) is 103 cm³/mol. The van der Waals surface area contributed by atoms with E-state index in [1.165, 1.54) is 0 Å². The number of hydrogen-bond acceptors (Lipinski definition) is 6. The van der Waals surface area contributed by atoms with Crippen molar-refractivity contribution in [2.45, 2.75) is 20.8 Å². The minimum atomic E-state index is -0.358. The number of benzene rings is 1. The molecule has 8 heteroatoms. The van der Waals surface area contributed by atoms with Crippen molar-refractivity contribution in [2.24, 2.45) is 5.41 Å². The molecule has 4 rings (SSSR count). The van der Waals surface area contributed by atoms with E-state index >= 15 is 0 Å². The van der Waals surface area contributed by atoms with Gasteiger partial charge in [-0.3, -0.25) is 4.79 Å². The Morgan fingerprint density at radius 2 is 1.70 bits per heavy atom. The van der Waals surface area contributed by atoms with Gasteiger partial charge < -0.3 is 9.80 Å². The molecule has 0 aliphatic carbocycles. The van der Waals surface area contributed by atoms with Gasteiger partial charge in [0.25, 0.3) is 0 Å². The molecule has 1 fully saturated rings. The Morgan fingerprint density at radius 3 is 2.37 bits per heavy atom. The minimum Gasteiger partial charge on any atom is -0.351 e. The Bertz CT molecular complexity index is 953. The van der Waals surface area contributed by atoms with Crippen LogP contribution in [0, 0.1) is 5.41 Å². The van der Waals surface area contributed by atoms with Crippen LogP contribution in [-0.4, -0.2) is 61.9 Å². The third kappa shape index (κ3) is 3.22. The second-order valence-corrected chi connectivity index (χ2v) is 7.74. The summed E-state index contributed by atoms with van der Waals surface area (Å²) in [6.45, 7) is 8.65. The maximum atomic E-state index is 12.5. The van der Waals surface area contributed by atoms with E-state index in [1.807, 2.05) is 56.0 Å². The number of para-hydroxylation sites is 1. The second kappa shape index (κ2) is 6.61. The molecule has 8 nitrogen and oxygen atoms in total. The van der Waals surface area contributed by atoms with Gasteiger partial charge in [-0.25, -0.2) is 9.97 Å². The summed E-state index contributed by atoms with van der Waals surface area (Å²) in [4.78, 5) is 25.4. The van der Waals surface area contributed by atoms with Crippen molar-refractivity contribution in [1.29, 1.82) is 0 Å². The molecule has 3 heterocycles. The summed E-state index contributed by atoms with van der Waals surface area (Å²) in [5.41, 5.74) is 1.91. The molecule has 1 aliphatic rings. The lowest BCUT2D eigenvalue weighted by atomic mass is 9.94. The van der Waals surface area contributed by atoms with E-state index in [0.717, 1.165) is 11.5 Å². The standard InChI is InChI=1S/C19H23N7O/c1-19(2,3)18(27)25-11-9-24(10-12-25)16-15-17(21-13-20-16)26(23-22-15)14-7-5-4-6-8-14/h4-8,13H,9-12H2,1-3H3. The molecule has 0 spiro atoms. The van der Waals surface area contributed by atoms with Crippen LogP contribution in [0.4, 0.5) is 5.82 Å². The van der Waals surface area contributed by atoms with Crippen LogP contribution in [0.25, 0.3) is 16.9 Å². The molecule has 0 radical (unpaired) electrons. The lowest BCUT2D eigenvalue weighted by molar-refractivity contribution is -0.139. The van der Waals surface area contributed by atoms with Crippen molar-refractivity contribution < 1.29 is 4.79 Å². The first-order valence-corrected chi connectivity index (χ1v) is 9.11. The second-order valence-electron chi connectivity index (χ2n) is 7.74. The van der Waals surface area contributed by atoms with Crippen molar-refractivity contribution in [1.82, 2.24) is 29.9 Å². The SMILES string of the molecule is CC(C)(C)C(=O)N1CCN(c2ncnc3c2nnn3-c2ccccc2)CC1. The molecule has 0 saturated carbocycles. The molecule has 0 N–H and O–H groups in total. The predicted octanol–water partition coefficient (Wildman–Crippen LogP) is 1.91. The number of carbonyl (C=O) groups excluding carboxylic acids is 1. The Morgan fingerprint density at radius 1 is 1.00 bits per heavy atom. The van der Waals surface area contributed by atoms with Gasteiger partial charge in [0, 0.05) is 31.6 Å². The van der Waals surface area contributed by atoms with E-state index in [0.29, 0.717) is 37.3 Å².